The summed E-state index contributed by atoms with van der Waals surface area (Å²) in [4.78, 5) is 123. The van der Waals surface area contributed by atoms with Gasteiger partial charge >= 0.3 is 11.9 Å². The lowest BCUT2D eigenvalue weighted by Gasteiger charge is -2.26. The van der Waals surface area contributed by atoms with E-state index in [2.05, 4.69) is 41.9 Å². The smallest absolute Gasteiger partial charge is 0.326 e. The van der Waals surface area contributed by atoms with E-state index < -0.39 is 109 Å². The van der Waals surface area contributed by atoms with E-state index in [-0.39, 0.29) is 62.7 Å². The molecule has 3 rings (SSSR count). The molecule has 0 aliphatic heterocycles. The van der Waals surface area contributed by atoms with Gasteiger partial charge in [0, 0.05) is 42.9 Å². The maximum atomic E-state index is 14.3. The average molecular weight is 937 g/mol. The first-order valence-corrected chi connectivity index (χ1v) is 21.3. The Labute approximate surface area is 384 Å². The third-order valence-corrected chi connectivity index (χ3v) is 10.1. The summed E-state index contributed by atoms with van der Waals surface area (Å²) >= 11 is 0. The van der Waals surface area contributed by atoms with Crippen LogP contribution >= 0.6 is 0 Å². The van der Waals surface area contributed by atoms with Crippen LogP contribution in [0.3, 0.4) is 0 Å². The molecule has 0 radical (unpaired) electrons. The lowest BCUT2D eigenvalue weighted by Crippen LogP contribution is -2.59. The lowest BCUT2D eigenvalue weighted by atomic mass is 10.0. The predicted octanol–water partition coefficient (Wildman–Crippen LogP) is -2.55. The van der Waals surface area contributed by atoms with Gasteiger partial charge in [0.05, 0.1) is 19.0 Å². The summed E-state index contributed by atoms with van der Waals surface area (Å²) < 4.78 is 0. The lowest BCUT2D eigenvalue weighted by molar-refractivity contribution is -0.142. The Bertz CT molecular complexity index is 2260. The number of fused-ring (bicyclic) bond motifs is 1. The number of phenols is 1. The van der Waals surface area contributed by atoms with Crippen molar-refractivity contribution in [1.29, 1.82) is 0 Å². The maximum absolute atomic E-state index is 14.3. The summed E-state index contributed by atoms with van der Waals surface area (Å²) in [5, 5.41) is 44.4. The molecule has 0 aliphatic carbocycles. The molecule has 0 bridgehead atoms. The summed E-state index contributed by atoms with van der Waals surface area (Å²) in [6.07, 6.45) is -0.0199. The molecule has 0 unspecified atom stereocenters. The largest absolute Gasteiger partial charge is 0.508 e. The number of nitrogens with one attached hydrogen (secondary N) is 7. The number of amides is 7. The molecule has 3 aromatic rings. The van der Waals surface area contributed by atoms with Crippen LogP contribution in [0.5, 0.6) is 5.75 Å². The van der Waals surface area contributed by atoms with Gasteiger partial charge in [0.1, 0.15) is 36.0 Å². The van der Waals surface area contributed by atoms with Crippen LogP contribution in [0, 0.1) is 5.92 Å². The number of carbonyl (C=O) groups is 9. The van der Waals surface area contributed by atoms with Crippen LogP contribution in [0.2, 0.25) is 0 Å². The fourth-order valence-corrected chi connectivity index (χ4v) is 6.74. The molecule has 0 saturated heterocycles. The van der Waals surface area contributed by atoms with Crippen molar-refractivity contribution in [2.45, 2.75) is 101 Å². The minimum absolute atomic E-state index is 0.0188. The standard InChI is InChI=1S/C43H60N12O12/c1-22(2)16-31(40(64)53-30(42(66)67)8-5-15-48-43(46)47)51-35(58)21-50-38(62)33(18-24-20-49-28-7-4-3-6-26(24)28)55-41(65)32(17-23-9-11-25(56)12-10-23)54-39(63)29(13-14-34(45)57)52-37(61)27(44)19-36(59)60/h3-4,6-7,9-12,20,22,27,29-33,49,56H,5,8,13-19,21,44H2,1-2H3,(H2,45,57)(H,50,62)(H,51,58)(H,52,61)(H,53,64)(H,54,63)(H,55,65)(H,59,60)(H,66,67)(H4,46,47,48)/t27-,29-,30-,31-,32-,33-/m0/s1. The molecule has 0 saturated carbocycles. The Morgan fingerprint density at radius 1 is 0.701 bits per heavy atom. The van der Waals surface area contributed by atoms with Gasteiger partial charge in [0.25, 0.3) is 0 Å². The highest BCUT2D eigenvalue weighted by molar-refractivity contribution is 5.97. The van der Waals surface area contributed by atoms with Gasteiger partial charge in [0.2, 0.25) is 41.4 Å². The summed E-state index contributed by atoms with van der Waals surface area (Å²) in [5.74, 6) is -9.40. The number of primary amides is 1. The third-order valence-electron chi connectivity index (χ3n) is 10.1. The molecule has 364 valence electrons. The second-order valence-electron chi connectivity index (χ2n) is 16.1. The number of phenolic OH excluding ortho intramolecular Hbond substituents is 1. The van der Waals surface area contributed by atoms with Crippen molar-refractivity contribution in [3.05, 3.63) is 65.9 Å². The highest BCUT2D eigenvalue weighted by Crippen LogP contribution is 2.20. The molecule has 24 heteroatoms. The van der Waals surface area contributed by atoms with Crippen LogP contribution in [0.4, 0.5) is 0 Å². The number of nitrogens with two attached hydrogens (primary N) is 4. The van der Waals surface area contributed by atoms with Gasteiger partial charge in [-0.1, -0.05) is 44.2 Å². The first-order valence-electron chi connectivity index (χ1n) is 21.3. The van der Waals surface area contributed by atoms with Crippen molar-refractivity contribution in [3.8, 4) is 5.75 Å². The zero-order valence-electron chi connectivity index (χ0n) is 37.1. The highest BCUT2D eigenvalue weighted by Gasteiger charge is 2.33. The summed E-state index contributed by atoms with van der Waals surface area (Å²) in [6, 6.07) is 4.14. The fourth-order valence-electron chi connectivity index (χ4n) is 6.74. The van der Waals surface area contributed by atoms with Crippen LogP contribution in [0.25, 0.3) is 10.9 Å². The number of aromatic nitrogens is 1. The number of aliphatic carboxylic acids is 2. The number of hydrogen-bond acceptors (Lipinski definition) is 12. The van der Waals surface area contributed by atoms with Crippen LogP contribution in [0.1, 0.15) is 63.5 Å². The van der Waals surface area contributed by atoms with Crippen LogP contribution in [0.15, 0.2) is 59.7 Å². The van der Waals surface area contributed by atoms with Gasteiger partial charge in [-0.3, -0.25) is 43.3 Å². The van der Waals surface area contributed by atoms with E-state index in [1.165, 1.54) is 24.3 Å². The Morgan fingerprint density at radius 3 is 1.91 bits per heavy atom. The SMILES string of the molecule is CC(C)C[C@H](NC(=O)CNC(=O)[C@H](Cc1c[nH]c2ccccc12)NC(=O)[C@H](Cc1ccc(O)cc1)NC(=O)[C@H](CCC(N)=O)NC(=O)[C@@H](N)CC(=O)O)C(=O)N[C@@H](CCCN=C(N)N)C(=O)O. The van der Waals surface area contributed by atoms with Crippen LogP contribution in [-0.2, 0) is 56.0 Å². The zero-order valence-corrected chi connectivity index (χ0v) is 37.1. The molecule has 0 spiro atoms. The van der Waals surface area contributed by atoms with Crippen molar-refractivity contribution in [1.82, 2.24) is 36.9 Å². The molecular weight excluding hydrogens is 877 g/mol. The fraction of sp³-hybridized carbons (Fsp3) is 0.442. The number of para-hydroxylation sites is 1. The molecule has 6 atom stereocenters. The van der Waals surface area contributed by atoms with E-state index in [0.717, 1.165) is 0 Å². The van der Waals surface area contributed by atoms with Gasteiger partial charge in [0.15, 0.2) is 5.96 Å². The molecule has 7 amide bonds. The number of carboxylic acid groups (broad SMARTS) is 2. The van der Waals surface area contributed by atoms with Crippen molar-refractivity contribution in [3.63, 3.8) is 0 Å². The van der Waals surface area contributed by atoms with Crippen molar-refractivity contribution in [2.24, 2.45) is 33.8 Å². The number of benzene rings is 2. The van der Waals surface area contributed by atoms with Crippen molar-refractivity contribution in [2.75, 3.05) is 13.1 Å². The van der Waals surface area contributed by atoms with E-state index in [4.69, 9.17) is 28.0 Å². The van der Waals surface area contributed by atoms with Gasteiger partial charge in [-0.25, -0.2) is 4.79 Å². The number of carboxylic acids is 2. The zero-order chi connectivity index (χ0) is 49.8. The van der Waals surface area contributed by atoms with Gasteiger partial charge in [-0.05, 0) is 60.9 Å². The van der Waals surface area contributed by atoms with E-state index in [0.29, 0.717) is 22.0 Å². The van der Waals surface area contributed by atoms with E-state index >= 15 is 0 Å². The van der Waals surface area contributed by atoms with Gasteiger partial charge < -0.3 is 75.1 Å². The Balaban J connectivity index is 1.89. The first kappa shape index (κ1) is 53.6. The number of hydrogen-bond donors (Lipinski definition) is 14. The normalized spacial score (nSPS) is 13.7. The molecular formula is C43H60N12O12. The van der Waals surface area contributed by atoms with Crippen molar-refractivity contribution >= 4 is 70.2 Å². The first-order chi connectivity index (χ1) is 31.6. The minimum Gasteiger partial charge on any atom is -0.508 e. The third kappa shape index (κ3) is 18.7. The molecule has 67 heavy (non-hydrogen) atoms. The maximum Gasteiger partial charge on any atom is 0.326 e. The average Bonchev–Trinajstić information content (AvgIpc) is 3.66. The quantitative estimate of drug-likeness (QED) is 0.0203. The highest BCUT2D eigenvalue weighted by atomic mass is 16.4. The van der Waals surface area contributed by atoms with E-state index in [1.807, 2.05) is 0 Å². The molecule has 1 aromatic heterocycles. The molecule has 0 aliphatic rings. The number of nitrogens with zero attached hydrogens (tertiary/aromatic N) is 1. The number of H-pyrrole nitrogens is 1. The molecule has 2 aromatic carbocycles. The van der Waals surface area contributed by atoms with E-state index in [1.54, 1.807) is 44.3 Å². The summed E-state index contributed by atoms with van der Waals surface area (Å²) in [6.45, 7) is 2.99. The van der Waals surface area contributed by atoms with Crippen molar-refractivity contribution < 1.29 is 58.5 Å². The van der Waals surface area contributed by atoms with E-state index in [9.17, 15) is 53.4 Å². The van der Waals surface area contributed by atoms with Crippen LogP contribution < -0.4 is 54.8 Å². The summed E-state index contributed by atoms with van der Waals surface area (Å²) in [7, 11) is 0. The molecule has 0 fully saturated rings. The predicted molar refractivity (Wildman–Crippen MR) is 242 cm³/mol. The molecule has 1 heterocycles. The Kier molecular flexibility index (Phi) is 21.0. The number of carbonyl (C=O) groups excluding carboxylic acids is 7. The number of aromatic amines is 1. The number of aromatic hydroxyl groups is 1. The van der Waals surface area contributed by atoms with Gasteiger partial charge in [-0.2, -0.15) is 0 Å². The number of rotatable bonds is 28. The Morgan fingerprint density at radius 2 is 1.30 bits per heavy atom. The summed E-state index contributed by atoms with van der Waals surface area (Å²) in [5.41, 5.74) is 23.4. The topological polar surface area (TPSA) is 419 Å². The molecule has 18 N–H and O–H groups in total. The molecule has 24 nitrogen and oxygen atoms in total. The Hall–Kier alpha value is -7.76. The van der Waals surface area contributed by atoms with Gasteiger partial charge in [-0.15, -0.1) is 0 Å². The number of guanidine groups is 1. The minimum atomic E-state index is -1.58. The number of aliphatic imine (C=N–C) groups is 1. The monoisotopic (exact) mass is 936 g/mol. The van der Waals surface area contributed by atoms with Crippen LogP contribution in [-0.4, -0.2) is 129 Å². The second-order valence-corrected chi connectivity index (χ2v) is 16.1. The second kappa shape index (κ2) is 26.3.